The van der Waals surface area contributed by atoms with Crippen LogP contribution in [0.4, 0.5) is 10.2 Å². The molecule has 0 saturated carbocycles. The van der Waals surface area contributed by atoms with E-state index in [1.165, 1.54) is 12.1 Å². The van der Waals surface area contributed by atoms with Gasteiger partial charge >= 0.3 is 0 Å². The lowest BCUT2D eigenvalue weighted by molar-refractivity contribution is -0.118. The van der Waals surface area contributed by atoms with Gasteiger partial charge in [0.05, 0.1) is 5.69 Å². The molecule has 1 amide bonds. The Morgan fingerprint density at radius 2 is 1.70 bits per heavy atom. The molecule has 0 bridgehead atoms. The van der Waals surface area contributed by atoms with Crippen molar-refractivity contribution in [1.82, 2.24) is 4.98 Å². The number of aromatic nitrogens is 1. The van der Waals surface area contributed by atoms with Crippen LogP contribution >= 0.6 is 11.6 Å². The van der Waals surface area contributed by atoms with Crippen molar-refractivity contribution in [1.29, 1.82) is 0 Å². The number of nitrogens with zero attached hydrogens (tertiary/aromatic N) is 1. The number of primary amides is 1. The van der Waals surface area contributed by atoms with Crippen molar-refractivity contribution in [2.45, 2.75) is 13.0 Å². The molecule has 0 fully saturated rings. The molecule has 0 unspecified atom stereocenters. The van der Waals surface area contributed by atoms with Crippen LogP contribution in [0.5, 0.6) is 11.5 Å². The first-order valence-corrected chi connectivity index (χ1v) is 8.56. The number of hydrogen-bond acceptors (Lipinski definition) is 4. The molecule has 138 valence electrons. The summed E-state index contributed by atoms with van der Waals surface area (Å²) >= 11 is 6.16. The van der Waals surface area contributed by atoms with Crippen molar-refractivity contribution >= 4 is 23.3 Å². The first-order valence-electron chi connectivity index (χ1n) is 8.18. The van der Waals surface area contributed by atoms with Crippen LogP contribution < -0.4 is 15.8 Å². The Kier molecular flexibility index (Phi) is 5.57. The zero-order chi connectivity index (χ0) is 19.4. The lowest BCUT2D eigenvalue weighted by atomic mass is 10.1. The molecule has 3 N–H and O–H groups in total. The zero-order valence-electron chi connectivity index (χ0n) is 14.4. The Balaban J connectivity index is 1.79. The minimum Gasteiger partial charge on any atom is -0.457 e. The molecule has 3 rings (SSSR count). The van der Waals surface area contributed by atoms with Gasteiger partial charge in [0.2, 0.25) is 5.91 Å². The highest BCUT2D eigenvalue weighted by atomic mass is 35.5. The summed E-state index contributed by atoms with van der Waals surface area (Å²) in [7, 11) is 0. The molecule has 3 aromatic rings. The summed E-state index contributed by atoms with van der Waals surface area (Å²) < 4.78 is 18.6. The fraction of sp³-hybridized carbons (Fsp3) is 0.100. The summed E-state index contributed by atoms with van der Waals surface area (Å²) in [5.41, 5.74) is 6.71. The lowest BCUT2D eigenvalue weighted by Gasteiger charge is -2.13. The van der Waals surface area contributed by atoms with Gasteiger partial charge in [-0.3, -0.25) is 4.79 Å². The fourth-order valence-electron chi connectivity index (χ4n) is 2.34. The number of carbonyl (C=O) groups is 1. The van der Waals surface area contributed by atoms with E-state index in [1.54, 1.807) is 43.3 Å². The molecule has 1 aromatic heterocycles. The number of amides is 1. The SMILES string of the molecule is C[C@H](Nc1cc(Cl)cc(-c2ccc(Oc3ccc(F)cc3)cc2)n1)C(N)=O. The molecule has 2 aromatic carbocycles. The number of halogens is 2. The van der Waals surface area contributed by atoms with Crippen LogP contribution in [0.2, 0.25) is 5.02 Å². The monoisotopic (exact) mass is 385 g/mol. The average Bonchev–Trinajstić information content (AvgIpc) is 2.63. The summed E-state index contributed by atoms with van der Waals surface area (Å²) in [6.45, 7) is 1.65. The summed E-state index contributed by atoms with van der Waals surface area (Å²) in [6.07, 6.45) is 0. The highest BCUT2D eigenvalue weighted by molar-refractivity contribution is 6.31. The van der Waals surface area contributed by atoms with Gasteiger partial charge in [0.25, 0.3) is 0 Å². The second-order valence-corrected chi connectivity index (χ2v) is 6.34. The summed E-state index contributed by atoms with van der Waals surface area (Å²) in [6, 6.07) is 15.8. The number of rotatable bonds is 6. The van der Waals surface area contributed by atoms with E-state index in [1.807, 2.05) is 12.1 Å². The summed E-state index contributed by atoms with van der Waals surface area (Å²) in [5.74, 6) is 0.792. The van der Waals surface area contributed by atoms with Crippen LogP contribution in [-0.2, 0) is 4.79 Å². The molecular weight excluding hydrogens is 369 g/mol. The molecular formula is C20H17ClFN3O2. The maximum atomic E-state index is 13.0. The van der Waals surface area contributed by atoms with Gasteiger partial charge in [-0.2, -0.15) is 0 Å². The van der Waals surface area contributed by atoms with E-state index in [2.05, 4.69) is 10.3 Å². The summed E-state index contributed by atoms with van der Waals surface area (Å²) in [5, 5.41) is 3.39. The van der Waals surface area contributed by atoms with E-state index < -0.39 is 11.9 Å². The normalized spacial score (nSPS) is 11.7. The Bertz CT molecular complexity index is 946. The second kappa shape index (κ2) is 8.05. The Labute approximate surface area is 160 Å². The lowest BCUT2D eigenvalue weighted by Crippen LogP contribution is -2.32. The van der Waals surface area contributed by atoms with Crippen molar-refractivity contribution in [2.24, 2.45) is 5.73 Å². The molecule has 0 spiro atoms. The predicted octanol–water partition coefficient (Wildman–Crippen LogP) is 4.62. The minimum atomic E-state index is -0.574. The molecule has 1 heterocycles. The van der Waals surface area contributed by atoms with Crippen LogP contribution in [0.25, 0.3) is 11.3 Å². The standard InChI is InChI=1S/C20H17ClFN3O2/c1-12(20(23)26)24-19-11-14(21)10-18(25-19)13-2-6-16(7-3-13)27-17-8-4-15(22)5-9-17/h2-12H,1H3,(H2,23,26)(H,24,25)/t12-/m0/s1. The number of ether oxygens (including phenoxy) is 1. The molecule has 27 heavy (non-hydrogen) atoms. The molecule has 1 atom stereocenters. The first kappa shape index (κ1) is 18.7. The van der Waals surface area contributed by atoms with Crippen LogP contribution in [0.1, 0.15) is 6.92 Å². The van der Waals surface area contributed by atoms with Crippen LogP contribution in [-0.4, -0.2) is 16.9 Å². The van der Waals surface area contributed by atoms with Crippen LogP contribution in [0, 0.1) is 5.82 Å². The van der Waals surface area contributed by atoms with Gasteiger partial charge in [-0.15, -0.1) is 0 Å². The van der Waals surface area contributed by atoms with Gasteiger partial charge in [0.15, 0.2) is 0 Å². The first-order chi connectivity index (χ1) is 12.9. The van der Waals surface area contributed by atoms with Crippen LogP contribution in [0.15, 0.2) is 60.7 Å². The van der Waals surface area contributed by atoms with Crippen molar-refractivity contribution in [3.05, 3.63) is 71.5 Å². The highest BCUT2D eigenvalue weighted by Crippen LogP contribution is 2.28. The molecule has 5 nitrogen and oxygen atoms in total. The van der Waals surface area contributed by atoms with E-state index in [0.717, 1.165) is 5.56 Å². The van der Waals surface area contributed by atoms with E-state index >= 15 is 0 Å². The van der Waals surface area contributed by atoms with Crippen molar-refractivity contribution in [3.8, 4) is 22.8 Å². The number of hydrogen-bond donors (Lipinski definition) is 2. The van der Waals surface area contributed by atoms with Crippen LogP contribution in [0.3, 0.4) is 0 Å². The highest BCUT2D eigenvalue weighted by Gasteiger charge is 2.11. The Hall–Kier alpha value is -3.12. The van der Waals surface area contributed by atoms with Gasteiger partial charge in [0.1, 0.15) is 29.2 Å². The molecule has 0 aliphatic heterocycles. The smallest absolute Gasteiger partial charge is 0.239 e. The fourth-order valence-corrected chi connectivity index (χ4v) is 2.55. The van der Waals surface area contributed by atoms with Crippen molar-refractivity contribution in [3.63, 3.8) is 0 Å². The second-order valence-electron chi connectivity index (χ2n) is 5.90. The average molecular weight is 386 g/mol. The van der Waals surface area contributed by atoms with E-state index in [4.69, 9.17) is 22.1 Å². The molecule has 0 aliphatic rings. The van der Waals surface area contributed by atoms with E-state index in [9.17, 15) is 9.18 Å². The Morgan fingerprint density at radius 3 is 2.30 bits per heavy atom. The van der Waals surface area contributed by atoms with Crippen molar-refractivity contribution < 1.29 is 13.9 Å². The summed E-state index contributed by atoms with van der Waals surface area (Å²) in [4.78, 5) is 15.7. The van der Waals surface area contributed by atoms with Gasteiger partial charge in [-0.25, -0.2) is 9.37 Å². The third-order valence-electron chi connectivity index (χ3n) is 3.78. The molecule has 0 radical (unpaired) electrons. The number of nitrogens with one attached hydrogen (secondary N) is 1. The number of pyridine rings is 1. The number of nitrogens with two attached hydrogens (primary N) is 1. The van der Waals surface area contributed by atoms with Crippen molar-refractivity contribution in [2.75, 3.05) is 5.32 Å². The van der Waals surface area contributed by atoms with Gasteiger partial charge in [-0.1, -0.05) is 11.6 Å². The van der Waals surface area contributed by atoms with E-state index in [-0.39, 0.29) is 5.82 Å². The quantitative estimate of drug-likeness (QED) is 0.649. The largest absolute Gasteiger partial charge is 0.457 e. The minimum absolute atomic E-state index is 0.320. The molecule has 7 heteroatoms. The number of benzene rings is 2. The topological polar surface area (TPSA) is 77.2 Å². The van der Waals surface area contributed by atoms with Gasteiger partial charge < -0.3 is 15.8 Å². The molecule has 0 aliphatic carbocycles. The van der Waals surface area contributed by atoms with Gasteiger partial charge in [-0.05, 0) is 67.6 Å². The third-order valence-corrected chi connectivity index (χ3v) is 4.00. The third kappa shape index (κ3) is 4.95. The number of carbonyl (C=O) groups excluding carboxylic acids is 1. The maximum absolute atomic E-state index is 13.0. The predicted molar refractivity (Wildman–Crippen MR) is 103 cm³/mol. The van der Waals surface area contributed by atoms with Gasteiger partial charge in [0, 0.05) is 10.6 Å². The zero-order valence-corrected chi connectivity index (χ0v) is 15.2. The molecule has 0 saturated heterocycles. The number of anilines is 1. The maximum Gasteiger partial charge on any atom is 0.239 e. The Morgan fingerprint density at radius 1 is 1.11 bits per heavy atom. The van der Waals surface area contributed by atoms with E-state index in [0.29, 0.717) is 28.0 Å².